The number of ether oxygens (including phenoxy) is 2. The molecule has 4 atom stereocenters. The van der Waals surface area contributed by atoms with Gasteiger partial charge in [0.1, 0.15) is 18.3 Å². The topological polar surface area (TPSA) is 79.2 Å². The largest absolute Gasteiger partial charge is 0.387 e. The molecule has 1 rings (SSSR count). The van der Waals surface area contributed by atoms with Crippen molar-refractivity contribution in [3.63, 3.8) is 0 Å². The smallest absolute Gasteiger partial charge is 0.183 e. The number of rotatable bonds is 3. The van der Waals surface area contributed by atoms with Crippen molar-refractivity contribution in [3.8, 4) is 0 Å². The standard InChI is InChI=1S/C8H14O5/c1-2-3-12-5-4-13-8(11)7(10)6(5)9/h2,5-11H,1,3-4H2. The lowest BCUT2D eigenvalue weighted by Gasteiger charge is -2.34. The highest BCUT2D eigenvalue weighted by atomic mass is 16.6. The lowest BCUT2D eigenvalue weighted by atomic mass is 10.1. The Bertz CT molecular complexity index is 172. The molecule has 1 aliphatic rings. The molecule has 0 aromatic carbocycles. The maximum atomic E-state index is 9.39. The molecule has 0 aromatic heterocycles. The Morgan fingerprint density at radius 2 is 2.08 bits per heavy atom. The van der Waals surface area contributed by atoms with Gasteiger partial charge < -0.3 is 24.8 Å². The van der Waals surface area contributed by atoms with E-state index in [9.17, 15) is 10.2 Å². The molecular formula is C8H14O5. The summed E-state index contributed by atoms with van der Waals surface area (Å²) < 4.78 is 9.86. The van der Waals surface area contributed by atoms with E-state index in [4.69, 9.17) is 14.6 Å². The second-order valence-electron chi connectivity index (χ2n) is 2.87. The Labute approximate surface area is 76.2 Å². The van der Waals surface area contributed by atoms with E-state index in [-0.39, 0.29) is 13.2 Å². The zero-order valence-corrected chi connectivity index (χ0v) is 7.17. The van der Waals surface area contributed by atoms with Crippen molar-refractivity contribution in [2.45, 2.75) is 24.6 Å². The van der Waals surface area contributed by atoms with Crippen LogP contribution in [0.1, 0.15) is 0 Å². The third-order valence-corrected chi connectivity index (χ3v) is 1.88. The van der Waals surface area contributed by atoms with E-state index in [2.05, 4.69) is 6.58 Å². The van der Waals surface area contributed by atoms with Crippen molar-refractivity contribution >= 4 is 0 Å². The first-order valence-corrected chi connectivity index (χ1v) is 4.05. The van der Waals surface area contributed by atoms with E-state index in [1.54, 1.807) is 0 Å². The van der Waals surface area contributed by atoms with Crippen LogP contribution in [0.4, 0.5) is 0 Å². The van der Waals surface area contributed by atoms with Crippen molar-refractivity contribution in [1.82, 2.24) is 0 Å². The molecular weight excluding hydrogens is 176 g/mol. The van der Waals surface area contributed by atoms with Crippen molar-refractivity contribution in [2.75, 3.05) is 13.2 Å². The van der Waals surface area contributed by atoms with Crippen LogP contribution >= 0.6 is 0 Å². The van der Waals surface area contributed by atoms with E-state index in [0.717, 1.165) is 0 Å². The first-order chi connectivity index (χ1) is 6.16. The van der Waals surface area contributed by atoms with Gasteiger partial charge in [0.15, 0.2) is 6.29 Å². The molecule has 0 aliphatic carbocycles. The molecule has 1 saturated heterocycles. The summed E-state index contributed by atoms with van der Waals surface area (Å²) in [5, 5.41) is 27.6. The summed E-state index contributed by atoms with van der Waals surface area (Å²) in [5.74, 6) is 0. The van der Waals surface area contributed by atoms with Crippen LogP contribution in [0.2, 0.25) is 0 Å². The average molecular weight is 190 g/mol. The fraction of sp³-hybridized carbons (Fsp3) is 0.750. The van der Waals surface area contributed by atoms with Gasteiger partial charge >= 0.3 is 0 Å². The molecule has 0 saturated carbocycles. The fourth-order valence-electron chi connectivity index (χ4n) is 1.12. The lowest BCUT2D eigenvalue weighted by molar-refractivity contribution is -0.258. The third-order valence-electron chi connectivity index (χ3n) is 1.88. The summed E-state index contributed by atoms with van der Waals surface area (Å²) in [6, 6.07) is 0. The van der Waals surface area contributed by atoms with Gasteiger partial charge in [-0.3, -0.25) is 0 Å². The molecule has 0 spiro atoms. The molecule has 1 fully saturated rings. The Morgan fingerprint density at radius 1 is 1.38 bits per heavy atom. The molecule has 0 radical (unpaired) electrons. The van der Waals surface area contributed by atoms with Gasteiger partial charge in [-0.1, -0.05) is 6.08 Å². The monoisotopic (exact) mass is 190 g/mol. The van der Waals surface area contributed by atoms with E-state index < -0.39 is 24.6 Å². The van der Waals surface area contributed by atoms with Crippen molar-refractivity contribution in [2.24, 2.45) is 0 Å². The van der Waals surface area contributed by atoms with E-state index in [1.165, 1.54) is 6.08 Å². The van der Waals surface area contributed by atoms with Gasteiger partial charge in [-0.05, 0) is 0 Å². The zero-order valence-electron chi connectivity index (χ0n) is 7.17. The van der Waals surface area contributed by atoms with Gasteiger partial charge in [-0.25, -0.2) is 0 Å². The highest BCUT2D eigenvalue weighted by Crippen LogP contribution is 2.16. The van der Waals surface area contributed by atoms with Gasteiger partial charge in [-0.15, -0.1) is 6.58 Å². The lowest BCUT2D eigenvalue weighted by Crippen LogP contribution is -2.53. The summed E-state index contributed by atoms with van der Waals surface area (Å²) in [4.78, 5) is 0. The summed E-state index contributed by atoms with van der Waals surface area (Å²) in [6.07, 6.45) is -2.85. The Hall–Kier alpha value is -0.460. The number of aliphatic hydroxyl groups is 3. The van der Waals surface area contributed by atoms with Crippen LogP contribution in [0.25, 0.3) is 0 Å². The first kappa shape index (κ1) is 10.6. The van der Waals surface area contributed by atoms with Gasteiger partial charge in [-0.2, -0.15) is 0 Å². The molecule has 0 amide bonds. The van der Waals surface area contributed by atoms with Crippen molar-refractivity contribution in [3.05, 3.63) is 12.7 Å². The molecule has 0 aromatic rings. The highest BCUT2D eigenvalue weighted by molar-refractivity contribution is 4.83. The summed E-state index contributed by atoms with van der Waals surface area (Å²) in [7, 11) is 0. The molecule has 1 heterocycles. The van der Waals surface area contributed by atoms with Crippen LogP contribution in [-0.2, 0) is 9.47 Å². The highest BCUT2D eigenvalue weighted by Gasteiger charge is 2.37. The second-order valence-corrected chi connectivity index (χ2v) is 2.87. The summed E-state index contributed by atoms with van der Waals surface area (Å²) >= 11 is 0. The minimum Gasteiger partial charge on any atom is -0.387 e. The molecule has 5 nitrogen and oxygen atoms in total. The molecule has 76 valence electrons. The van der Waals surface area contributed by atoms with E-state index >= 15 is 0 Å². The van der Waals surface area contributed by atoms with E-state index in [1.807, 2.05) is 0 Å². The molecule has 5 heteroatoms. The summed E-state index contributed by atoms with van der Waals surface area (Å²) in [5.41, 5.74) is 0. The quantitative estimate of drug-likeness (QED) is 0.478. The molecule has 1 aliphatic heterocycles. The number of hydrogen-bond donors (Lipinski definition) is 3. The van der Waals surface area contributed by atoms with Crippen LogP contribution in [-0.4, -0.2) is 53.1 Å². The maximum absolute atomic E-state index is 9.39. The fourth-order valence-corrected chi connectivity index (χ4v) is 1.12. The average Bonchev–Trinajstić information content (AvgIpc) is 2.13. The normalized spacial score (nSPS) is 40.2. The SMILES string of the molecule is C=CCOC1COC(O)C(O)C1O. The predicted octanol–water partition coefficient (Wildman–Crippen LogP) is -1.37. The summed E-state index contributed by atoms with van der Waals surface area (Å²) in [6.45, 7) is 3.78. The van der Waals surface area contributed by atoms with Crippen molar-refractivity contribution in [1.29, 1.82) is 0 Å². The van der Waals surface area contributed by atoms with Crippen LogP contribution < -0.4 is 0 Å². The maximum Gasteiger partial charge on any atom is 0.183 e. The predicted molar refractivity (Wildman–Crippen MR) is 43.9 cm³/mol. The van der Waals surface area contributed by atoms with Crippen LogP contribution in [0, 0.1) is 0 Å². The Kier molecular flexibility index (Phi) is 3.83. The van der Waals surface area contributed by atoms with E-state index in [0.29, 0.717) is 0 Å². The molecule has 3 N–H and O–H groups in total. The first-order valence-electron chi connectivity index (χ1n) is 4.05. The zero-order chi connectivity index (χ0) is 9.84. The van der Waals surface area contributed by atoms with Gasteiger partial charge in [0.05, 0.1) is 13.2 Å². The minimum atomic E-state index is -1.33. The second kappa shape index (κ2) is 4.69. The van der Waals surface area contributed by atoms with Gasteiger partial charge in [0.2, 0.25) is 0 Å². The third kappa shape index (κ3) is 2.49. The van der Waals surface area contributed by atoms with Crippen LogP contribution in [0.3, 0.4) is 0 Å². The Balaban J connectivity index is 2.43. The molecule has 4 unspecified atom stereocenters. The molecule has 13 heavy (non-hydrogen) atoms. The molecule has 0 bridgehead atoms. The number of aliphatic hydroxyl groups excluding tert-OH is 3. The number of hydrogen-bond acceptors (Lipinski definition) is 5. The van der Waals surface area contributed by atoms with Gasteiger partial charge in [0, 0.05) is 0 Å². The minimum absolute atomic E-state index is 0.0627. The van der Waals surface area contributed by atoms with Crippen molar-refractivity contribution < 1.29 is 24.8 Å². The van der Waals surface area contributed by atoms with Gasteiger partial charge in [0.25, 0.3) is 0 Å². The van der Waals surface area contributed by atoms with Crippen LogP contribution in [0.5, 0.6) is 0 Å². The van der Waals surface area contributed by atoms with Crippen LogP contribution in [0.15, 0.2) is 12.7 Å². The Morgan fingerprint density at radius 3 is 2.69 bits per heavy atom.